The van der Waals surface area contributed by atoms with Gasteiger partial charge in [0.1, 0.15) is 0 Å². The molecule has 1 fully saturated rings. The third kappa shape index (κ3) is 2.81. The van der Waals surface area contributed by atoms with E-state index in [-0.39, 0.29) is 40.9 Å². The quantitative estimate of drug-likeness (QED) is 0.854. The lowest BCUT2D eigenvalue weighted by molar-refractivity contribution is -0.131. The summed E-state index contributed by atoms with van der Waals surface area (Å²) in [5.74, 6) is -1.84. The molecular weight excluding hydrogens is 338 g/mol. The van der Waals surface area contributed by atoms with Crippen molar-refractivity contribution in [3.8, 4) is 0 Å². The summed E-state index contributed by atoms with van der Waals surface area (Å²) in [5, 5.41) is 2.73. The number of aryl methyl sites for hydroxylation is 1. The van der Waals surface area contributed by atoms with Gasteiger partial charge < -0.3 is 5.32 Å². The van der Waals surface area contributed by atoms with E-state index in [0.717, 1.165) is 11.1 Å². The van der Waals surface area contributed by atoms with E-state index in [0.29, 0.717) is 5.56 Å². The smallest absolute Gasteiger partial charge is 0.255 e. The van der Waals surface area contributed by atoms with Crippen LogP contribution < -0.4 is 5.32 Å². The number of nitrogens with one attached hydrogen (secondary N) is 1. The molecule has 4 rings (SSSR count). The van der Waals surface area contributed by atoms with Crippen LogP contribution in [0, 0.1) is 24.7 Å². The van der Waals surface area contributed by atoms with Crippen molar-refractivity contribution in [2.24, 2.45) is 17.8 Å². The molecule has 0 radical (unpaired) electrons. The normalized spacial score (nSPS) is 26.7. The predicted octanol–water partition coefficient (Wildman–Crippen LogP) is 3.43. The molecule has 2 aromatic carbocycles. The van der Waals surface area contributed by atoms with Gasteiger partial charge in [0, 0.05) is 17.4 Å². The van der Waals surface area contributed by atoms with Crippen LogP contribution in [0.4, 0.5) is 0 Å². The Labute approximate surface area is 158 Å². The van der Waals surface area contributed by atoms with Crippen molar-refractivity contribution < 1.29 is 14.4 Å². The average Bonchev–Trinajstić information content (AvgIpc) is 2.85. The van der Waals surface area contributed by atoms with Gasteiger partial charge in [-0.3, -0.25) is 14.4 Å². The topological polar surface area (TPSA) is 63.2 Å². The van der Waals surface area contributed by atoms with Gasteiger partial charge in [-0.2, -0.15) is 0 Å². The second-order valence-corrected chi connectivity index (χ2v) is 7.41. The van der Waals surface area contributed by atoms with E-state index in [9.17, 15) is 14.4 Å². The second-order valence-electron chi connectivity index (χ2n) is 7.41. The van der Waals surface area contributed by atoms with Crippen molar-refractivity contribution in [3.05, 3.63) is 83.1 Å². The molecule has 27 heavy (non-hydrogen) atoms. The number of carbonyl (C=O) groups is 3. The molecule has 0 aliphatic heterocycles. The maximum Gasteiger partial charge on any atom is 0.255 e. The summed E-state index contributed by atoms with van der Waals surface area (Å²) in [5.41, 5.74) is 2.86. The van der Waals surface area contributed by atoms with Gasteiger partial charge in [0.25, 0.3) is 5.91 Å². The van der Waals surface area contributed by atoms with Crippen molar-refractivity contribution in [1.82, 2.24) is 5.32 Å². The largest absolute Gasteiger partial charge is 0.319 e. The molecule has 4 atom stereocenters. The molecule has 136 valence electrons. The fourth-order valence-electron chi connectivity index (χ4n) is 4.44. The standard InChI is InChI=1S/C23H21NO3/c1-13-8-6-7-11-16(13)19-14(2)17-12-18(22(26)20(19)21(17)25)24-23(27)15-9-4-3-5-10-15/h3-12,14,17,19-20H,1-2H3,(H,24,27)/t14-,17-,19-,20+/m1/s1. The van der Waals surface area contributed by atoms with Crippen LogP contribution in [0.5, 0.6) is 0 Å². The van der Waals surface area contributed by atoms with Crippen LogP contribution in [0.3, 0.4) is 0 Å². The third-order valence-electron chi connectivity index (χ3n) is 5.85. The van der Waals surface area contributed by atoms with Crippen molar-refractivity contribution in [2.45, 2.75) is 19.8 Å². The Morgan fingerprint density at radius 1 is 0.963 bits per heavy atom. The zero-order valence-corrected chi connectivity index (χ0v) is 15.3. The molecule has 0 heterocycles. The van der Waals surface area contributed by atoms with Gasteiger partial charge in [0.05, 0.1) is 11.6 Å². The zero-order valence-electron chi connectivity index (χ0n) is 15.3. The maximum atomic E-state index is 13.1. The number of allylic oxidation sites excluding steroid dienone is 2. The highest BCUT2D eigenvalue weighted by molar-refractivity contribution is 6.18. The zero-order chi connectivity index (χ0) is 19.1. The molecule has 0 aromatic heterocycles. The highest BCUT2D eigenvalue weighted by Crippen LogP contribution is 2.50. The molecule has 0 saturated heterocycles. The molecule has 2 bridgehead atoms. The van der Waals surface area contributed by atoms with Crippen LogP contribution in [-0.2, 0) is 9.59 Å². The monoisotopic (exact) mass is 359 g/mol. The summed E-state index contributed by atoms with van der Waals surface area (Å²) < 4.78 is 0. The van der Waals surface area contributed by atoms with Crippen LogP contribution in [0.15, 0.2) is 66.4 Å². The first kappa shape index (κ1) is 17.4. The summed E-state index contributed by atoms with van der Waals surface area (Å²) in [6.07, 6.45) is 1.66. The van der Waals surface area contributed by atoms with Gasteiger partial charge in [-0.05, 0) is 42.2 Å². The van der Waals surface area contributed by atoms with Gasteiger partial charge >= 0.3 is 0 Å². The Morgan fingerprint density at radius 2 is 1.63 bits per heavy atom. The van der Waals surface area contributed by atoms with Gasteiger partial charge in [-0.25, -0.2) is 0 Å². The summed E-state index contributed by atoms with van der Waals surface area (Å²) in [6.45, 7) is 4.02. The molecule has 1 saturated carbocycles. The first-order valence-corrected chi connectivity index (χ1v) is 9.20. The fraction of sp³-hybridized carbons (Fsp3) is 0.261. The molecule has 2 aliphatic rings. The minimum Gasteiger partial charge on any atom is -0.319 e. The summed E-state index contributed by atoms with van der Waals surface area (Å²) >= 11 is 0. The SMILES string of the molecule is Cc1ccccc1[C@@H]1[C@@H]2C(=O)C(NC(=O)c3ccccc3)=C[C@@H](C2=O)[C@H]1C. The molecule has 1 amide bonds. The second kappa shape index (κ2) is 6.62. The van der Waals surface area contributed by atoms with Crippen molar-refractivity contribution in [2.75, 3.05) is 0 Å². The number of rotatable bonds is 3. The molecule has 0 unspecified atom stereocenters. The summed E-state index contributed by atoms with van der Waals surface area (Å²) in [4.78, 5) is 38.4. The Morgan fingerprint density at radius 3 is 2.33 bits per heavy atom. The fourth-order valence-corrected chi connectivity index (χ4v) is 4.44. The van der Waals surface area contributed by atoms with Gasteiger partial charge in [-0.15, -0.1) is 0 Å². The molecular formula is C23H21NO3. The minimum atomic E-state index is -0.720. The van der Waals surface area contributed by atoms with Crippen LogP contribution in [0.2, 0.25) is 0 Å². The number of Topliss-reactive ketones (excluding diaryl/α,β-unsaturated/α-hetero) is 2. The van der Waals surface area contributed by atoms with E-state index in [2.05, 4.69) is 5.32 Å². The number of ketones is 2. The van der Waals surface area contributed by atoms with Crippen molar-refractivity contribution in [1.29, 1.82) is 0 Å². The maximum absolute atomic E-state index is 13.1. The first-order valence-electron chi connectivity index (χ1n) is 9.20. The van der Waals surface area contributed by atoms with Gasteiger partial charge in [0.15, 0.2) is 11.6 Å². The highest BCUT2D eigenvalue weighted by atomic mass is 16.2. The van der Waals surface area contributed by atoms with Crippen LogP contribution in [0.25, 0.3) is 0 Å². The molecule has 4 heteroatoms. The number of fused-ring (bicyclic) bond motifs is 2. The van der Waals surface area contributed by atoms with Crippen molar-refractivity contribution >= 4 is 17.5 Å². The minimum absolute atomic E-state index is 0.0127. The Hall–Kier alpha value is -3.01. The van der Waals surface area contributed by atoms with Crippen LogP contribution >= 0.6 is 0 Å². The van der Waals surface area contributed by atoms with E-state index in [4.69, 9.17) is 0 Å². The predicted molar refractivity (Wildman–Crippen MR) is 102 cm³/mol. The van der Waals surface area contributed by atoms with Crippen molar-refractivity contribution in [3.63, 3.8) is 0 Å². The van der Waals surface area contributed by atoms with Gasteiger partial charge in [0.2, 0.25) is 0 Å². The van der Waals surface area contributed by atoms with Crippen LogP contribution in [-0.4, -0.2) is 17.5 Å². The van der Waals surface area contributed by atoms with Crippen LogP contribution in [0.1, 0.15) is 34.3 Å². The van der Waals surface area contributed by atoms with Gasteiger partial charge in [-0.1, -0.05) is 49.4 Å². The lowest BCUT2D eigenvalue weighted by Crippen LogP contribution is -2.37. The third-order valence-corrected chi connectivity index (χ3v) is 5.85. The highest BCUT2D eigenvalue weighted by Gasteiger charge is 2.54. The first-order chi connectivity index (χ1) is 13.0. The van der Waals surface area contributed by atoms with E-state index in [1.165, 1.54) is 0 Å². The lowest BCUT2D eigenvalue weighted by atomic mass is 9.80. The number of hydrogen-bond donors (Lipinski definition) is 1. The lowest BCUT2D eigenvalue weighted by Gasteiger charge is -2.23. The number of hydrogen-bond acceptors (Lipinski definition) is 3. The average molecular weight is 359 g/mol. The molecule has 1 N–H and O–H groups in total. The molecule has 2 aromatic rings. The molecule has 2 aliphatic carbocycles. The number of carbonyl (C=O) groups excluding carboxylic acids is 3. The van der Waals surface area contributed by atoms with E-state index < -0.39 is 5.92 Å². The molecule has 4 nitrogen and oxygen atoms in total. The van der Waals surface area contributed by atoms with E-state index >= 15 is 0 Å². The Kier molecular flexibility index (Phi) is 4.27. The summed E-state index contributed by atoms with van der Waals surface area (Å²) in [7, 11) is 0. The van der Waals surface area contributed by atoms with E-state index in [1.54, 1.807) is 30.3 Å². The Bertz CT molecular complexity index is 961. The number of benzene rings is 2. The van der Waals surface area contributed by atoms with E-state index in [1.807, 2.05) is 44.2 Å². The Balaban J connectivity index is 1.66. The molecule has 0 spiro atoms. The number of amides is 1. The summed E-state index contributed by atoms with van der Waals surface area (Å²) in [6, 6.07) is 16.7.